The van der Waals surface area contributed by atoms with E-state index in [2.05, 4.69) is 10.6 Å². The molecule has 3 N–H and O–H groups in total. The van der Waals surface area contributed by atoms with E-state index in [1.165, 1.54) is 4.90 Å². The smallest absolute Gasteiger partial charge is 0.315 e. The second-order valence-electron chi connectivity index (χ2n) is 7.25. The van der Waals surface area contributed by atoms with Gasteiger partial charge < -0.3 is 34.6 Å². The zero-order valence-corrected chi connectivity index (χ0v) is 15.9. The van der Waals surface area contributed by atoms with Gasteiger partial charge in [-0.1, -0.05) is 0 Å². The summed E-state index contributed by atoms with van der Waals surface area (Å²) in [5.74, 6) is 1.33. The lowest BCUT2D eigenvalue weighted by molar-refractivity contribution is -0.906. The van der Waals surface area contributed by atoms with Crippen molar-refractivity contribution in [1.82, 2.24) is 10.6 Å². The number of morpholine rings is 1. The van der Waals surface area contributed by atoms with E-state index in [1.807, 2.05) is 18.2 Å². The van der Waals surface area contributed by atoms with Gasteiger partial charge in [-0.15, -0.1) is 0 Å². The molecule has 0 spiro atoms. The van der Waals surface area contributed by atoms with Crippen molar-refractivity contribution < 1.29 is 28.7 Å². The number of amides is 3. The monoisotopic (exact) mass is 391 g/mol. The number of anilines is 1. The van der Waals surface area contributed by atoms with Crippen LogP contribution >= 0.6 is 0 Å². The summed E-state index contributed by atoms with van der Waals surface area (Å²) in [5, 5.41) is 5.80. The summed E-state index contributed by atoms with van der Waals surface area (Å²) in [6.07, 6.45) is 0.288. The number of urea groups is 1. The molecule has 0 radical (unpaired) electrons. The highest BCUT2D eigenvalue weighted by molar-refractivity contribution is 5.97. The number of hydrogen-bond donors (Lipinski definition) is 3. The predicted octanol–water partition coefficient (Wildman–Crippen LogP) is -1.22. The maximum absolute atomic E-state index is 12.4. The van der Waals surface area contributed by atoms with Crippen molar-refractivity contribution in [2.45, 2.75) is 12.5 Å². The van der Waals surface area contributed by atoms with Crippen molar-refractivity contribution in [3.63, 3.8) is 0 Å². The maximum Gasteiger partial charge on any atom is 0.315 e. The van der Waals surface area contributed by atoms with E-state index in [0.717, 1.165) is 38.5 Å². The molecular formula is C19H27N4O5+. The van der Waals surface area contributed by atoms with Crippen molar-refractivity contribution in [2.75, 3.05) is 64.1 Å². The number of carbonyl (C=O) groups is 2. The Hall–Kier alpha value is -2.52. The van der Waals surface area contributed by atoms with Gasteiger partial charge in [0.2, 0.25) is 5.91 Å². The second kappa shape index (κ2) is 8.66. The van der Waals surface area contributed by atoms with Crippen LogP contribution < -0.4 is 29.9 Å². The average Bonchev–Trinajstić information content (AvgIpc) is 3.08. The highest BCUT2D eigenvalue weighted by atomic mass is 16.6. The summed E-state index contributed by atoms with van der Waals surface area (Å²) in [5.41, 5.74) is 0.759. The third-order valence-electron chi connectivity index (χ3n) is 5.26. The Morgan fingerprint density at radius 2 is 1.93 bits per heavy atom. The molecule has 2 saturated heterocycles. The van der Waals surface area contributed by atoms with E-state index in [9.17, 15) is 9.59 Å². The largest absolute Gasteiger partial charge is 0.486 e. The number of nitrogens with one attached hydrogen (secondary N) is 3. The Morgan fingerprint density at radius 1 is 1.14 bits per heavy atom. The SMILES string of the molecule is O=C(NCC[NH+]1CCOCC1)N[C@@H]1CC(=O)N(c2ccc3c(c2)OCCO3)C1. The van der Waals surface area contributed by atoms with Crippen molar-refractivity contribution >= 4 is 17.6 Å². The zero-order valence-electron chi connectivity index (χ0n) is 15.9. The fraction of sp³-hybridized carbons (Fsp3) is 0.579. The molecule has 1 aromatic rings. The van der Waals surface area contributed by atoms with Crippen LogP contribution in [0.25, 0.3) is 0 Å². The van der Waals surface area contributed by atoms with E-state index in [1.54, 1.807) is 4.90 Å². The van der Waals surface area contributed by atoms with Gasteiger partial charge in [0.1, 0.15) is 26.3 Å². The van der Waals surface area contributed by atoms with Crippen LogP contribution in [0, 0.1) is 0 Å². The lowest BCUT2D eigenvalue weighted by Crippen LogP contribution is -3.14. The highest BCUT2D eigenvalue weighted by Gasteiger charge is 2.32. The topological polar surface area (TPSA) is 93.6 Å². The van der Waals surface area contributed by atoms with Crippen LogP contribution in [0.15, 0.2) is 18.2 Å². The summed E-state index contributed by atoms with van der Waals surface area (Å²) >= 11 is 0. The lowest BCUT2D eigenvalue weighted by Gasteiger charge is -2.24. The number of nitrogens with zero attached hydrogens (tertiary/aromatic N) is 1. The van der Waals surface area contributed by atoms with Crippen LogP contribution in [0.4, 0.5) is 10.5 Å². The van der Waals surface area contributed by atoms with Crippen LogP contribution in [-0.4, -0.2) is 77.1 Å². The molecule has 0 bridgehead atoms. The van der Waals surface area contributed by atoms with Crippen molar-refractivity contribution in [3.8, 4) is 11.5 Å². The quantitative estimate of drug-likeness (QED) is 0.585. The fourth-order valence-corrected chi connectivity index (χ4v) is 3.75. The van der Waals surface area contributed by atoms with Gasteiger partial charge in [0.05, 0.1) is 32.3 Å². The van der Waals surface area contributed by atoms with E-state index in [4.69, 9.17) is 14.2 Å². The molecule has 3 aliphatic heterocycles. The van der Waals surface area contributed by atoms with E-state index < -0.39 is 0 Å². The molecule has 1 atom stereocenters. The van der Waals surface area contributed by atoms with Gasteiger partial charge in [0, 0.05) is 24.7 Å². The van der Waals surface area contributed by atoms with Crippen LogP contribution in [0.2, 0.25) is 0 Å². The van der Waals surface area contributed by atoms with Crippen molar-refractivity contribution in [1.29, 1.82) is 0 Å². The Bertz CT molecular complexity index is 722. The molecule has 0 aliphatic carbocycles. The predicted molar refractivity (Wildman–Crippen MR) is 101 cm³/mol. The van der Waals surface area contributed by atoms with Gasteiger partial charge >= 0.3 is 6.03 Å². The van der Waals surface area contributed by atoms with Crippen LogP contribution in [-0.2, 0) is 9.53 Å². The number of hydrogen-bond acceptors (Lipinski definition) is 5. The molecule has 1 aromatic carbocycles. The standard InChI is InChI=1S/C19H26N4O5/c24-18-11-14(21-19(25)20-3-4-22-5-7-26-8-6-22)13-23(18)15-1-2-16-17(12-15)28-10-9-27-16/h1-2,12,14H,3-11,13H2,(H2,20,21,25)/p+1/t14-/m1/s1. The first kappa shape index (κ1) is 18.8. The van der Waals surface area contributed by atoms with Crippen LogP contribution in [0.1, 0.15) is 6.42 Å². The van der Waals surface area contributed by atoms with E-state index >= 15 is 0 Å². The molecule has 0 aromatic heterocycles. The minimum Gasteiger partial charge on any atom is -0.486 e. The van der Waals surface area contributed by atoms with Gasteiger partial charge in [0.15, 0.2) is 11.5 Å². The number of quaternary nitrogens is 1. The van der Waals surface area contributed by atoms with Crippen LogP contribution in [0.3, 0.4) is 0 Å². The fourth-order valence-electron chi connectivity index (χ4n) is 3.75. The molecule has 0 unspecified atom stereocenters. The summed E-state index contributed by atoms with van der Waals surface area (Å²) in [4.78, 5) is 27.7. The first-order chi connectivity index (χ1) is 13.7. The number of fused-ring (bicyclic) bond motifs is 1. The third kappa shape index (κ3) is 4.48. The van der Waals surface area contributed by atoms with Gasteiger partial charge in [-0.3, -0.25) is 4.79 Å². The minimum atomic E-state index is -0.227. The Labute approximate surface area is 163 Å². The van der Waals surface area contributed by atoms with Gasteiger partial charge in [-0.05, 0) is 12.1 Å². The first-order valence-electron chi connectivity index (χ1n) is 9.85. The zero-order chi connectivity index (χ0) is 19.3. The molecule has 3 heterocycles. The van der Waals surface area contributed by atoms with Crippen molar-refractivity contribution in [2.24, 2.45) is 0 Å². The summed E-state index contributed by atoms with van der Waals surface area (Å²) in [6, 6.07) is 5.04. The molecule has 3 amide bonds. The molecule has 3 aliphatic rings. The summed E-state index contributed by atoms with van der Waals surface area (Å²) in [7, 11) is 0. The number of carbonyl (C=O) groups excluding carboxylic acids is 2. The maximum atomic E-state index is 12.4. The molecule has 9 heteroatoms. The van der Waals surface area contributed by atoms with E-state index in [-0.39, 0.29) is 24.4 Å². The summed E-state index contributed by atoms with van der Waals surface area (Å²) in [6.45, 7) is 6.47. The van der Waals surface area contributed by atoms with Gasteiger partial charge in [-0.25, -0.2) is 4.79 Å². The number of rotatable bonds is 5. The van der Waals surface area contributed by atoms with Gasteiger partial charge in [-0.2, -0.15) is 0 Å². The lowest BCUT2D eigenvalue weighted by atomic mass is 10.2. The second-order valence-corrected chi connectivity index (χ2v) is 7.25. The minimum absolute atomic E-state index is 0.0141. The normalized spacial score (nSPS) is 22.2. The molecule has 9 nitrogen and oxygen atoms in total. The molecule has 4 rings (SSSR count). The van der Waals surface area contributed by atoms with E-state index in [0.29, 0.717) is 37.8 Å². The molecule has 152 valence electrons. The number of benzene rings is 1. The highest BCUT2D eigenvalue weighted by Crippen LogP contribution is 2.35. The average molecular weight is 391 g/mol. The summed E-state index contributed by atoms with van der Waals surface area (Å²) < 4.78 is 16.4. The Kier molecular flexibility index (Phi) is 5.82. The first-order valence-corrected chi connectivity index (χ1v) is 9.85. The van der Waals surface area contributed by atoms with Gasteiger partial charge in [0.25, 0.3) is 0 Å². The molecular weight excluding hydrogens is 364 g/mol. The number of ether oxygens (including phenoxy) is 3. The molecule has 0 saturated carbocycles. The van der Waals surface area contributed by atoms with Crippen LogP contribution in [0.5, 0.6) is 11.5 Å². The third-order valence-corrected chi connectivity index (χ3v) is 5.26. The molecule has 28 heavy (non-hydrogen) atoms. The Morgan fingerprint density at radius 3 is 2.75 bits per heavy atom. The Balaban J connectivity index is 1.25. The molecule has 2 fully saturated rings. The van der Waals surface area contributed by atoms with Crippen molar-refractivity contribution in [3.05, 3.63) is 18.2 Å².